The molecule has 1 nitrogen and oxygen atoms in total. The van der Waals surface area contributed by atoms with Crippen LogP contribution in [0.2, 0.25) is 5.02 Å². The molecule has 1 aromatic carbocycles. The normalized spacial score (nSPS) is 12.6. The van der Waals surface area contributed by atoms with Crippen LogP contribution in [-0.4, -0.2) is 5.11 Å². The van der Waals surface area contributed by atoms with E-state index in [1.165, 1.54) is 4.88 Å². The zero-order chi connectivity index (χ0) is 12.3. The number of benzene rings is 1. The molecule has 1 atom stereocenters. The van der Waals surface area contributed by atoms with Gasteiger partial charge < -0.3 is 5.11 Å². The molecule has 0 bridgehead atoms. The Kier molecular flexibility index (Phi) is 4.21. The summed E-state index contributed by atoms with van der Waals surface area (Å²) in [4.78, 5) is 2.32. The lowest BCUT2D eigenvalue weighted by molar-refractivity contribution is 0.182. The molecular weight excluding hydrogens is 252 g/mol. The van der Waals surface area contributed by atoms with Crippen LogP contribution in [0, 0.1) is 0 Å². The summed E-state index contributed by atoms with van der Waals surface area (Å²) in [7, 11) is 0. The number of halogens is 1. The lowest BCUT2D eigenvalue weighted by atomic mass is 10.1. The number of hydrogen-bond acceptors (Lipinski definition) is 2. The molecule has 0 aliphatic heterocycles. The van der Waals surface area contributed by atoms with Crippen LogP contribution in [0.25, 0.3) is 0 Å². The molecule has 90 valence electrons. The van der Waals surface area contributed by atoms with Crippen LogP contribution < -0.4 is 0 Å². The van der Waals surface area contributed by atoms with Crippen molar-refractivity contribution in [1.29, 1.82) is 0 Å². The highest BCUT2D eigenvalue weighted by Gasteiger charge is 2.12. The van der Waals surface area contributed by atoms with Crippen LogP contribution in [0.15, 0.2) is 36.4 Å². The molecule has 0 aliphatic carbocycles. The van der Waals surface area contributed by atoms with Crippen molar-refractivity contribution < 1.29 is 5.11 Å². The molecule has 0 spiro atoms. The summed E-state index contributed by atoms with van der Waals surface area (Å²) < 4.78 is 0. The molecule has 0 fully saturated rings. The van der Waals surface area contributed by atoms with Crippen molar-refractivity contribution >= 4 is 22.9 Å². The molecule has 0 amide bonds. The summed E-state index contributed by atoms with van der Waals surface area (Å²) in [6.45, 7) is 2.12. The maximum absolute atomic E-state index is 10.2. The Morgan fingerprint density at radius 2 is 2.00 bits per heavy atom. The summed E-state index contributed by atoms with van der Waals surface area (Å²) in [5, 5.41) is 10.9. The number of aliphatic hydroxyl groups is 1. The fourth-order valence-electron chi connectivity index (χ4n) is 1.74. The Morgan fingerprint density at radius 3 is 2.65 bits per heavy atom. The molecule has 1 unspecified atom stereocenters. The van der Waals surface area contributed by atoms with Gasteiger partial charge in [0.1, 0.15) is 0 Å². The molecule has 17 heavy (non-hydrogen) atoms. The third-order valence-electron chi connectivity index (χ3n) is 2.73. The molecule has 0 saturated carbocycles. The van der Waals surface area contributed by atoms with Crippen molar-refractivity contribution in [3.8, 4) is 0 Å². The minimum absolute atomic E-state index is 0.458. The highest BCUT2D eigenvalue weighted by atomic mass is 35.5. The van der Waals surface area contributed by atoms with E-state index in [1.54, 1.807) is 11.3 Å². The van der Waals surface area contributed by atoms with Gasteiger partial charge in [0.2, 0.25) is 0 Å². The summed E-state index contributed by atoms with van der Waals surface area (Å²) in [6.07, 6.45) is 1.13. The highest BCUT2D eigenvalue weighted by molar-refractivity contribution is 7.12. The Hall–Kier alpha value is -0.830. The second-order valence-electron chi connectivity index (χ2n) is 3.97. The Balaban J connectivity index is 2.11. The third-order valence-corrected chi connectivity index (χ3v) is 4.43. The summed E-state index contributed by atoms with van der Waals surface area (Å²) in [5.74, 6) is 0. The van der Waals surface area contributed by atoms with Crippen molar-refractivity contribution in [2.45, 2.75) is 25.9 Å². The van der Waals surface area contributed by atoms with E-state index in [1.807, 2.05) is 30.3 Å². The Labute approximate surface area is 111 Å². The molecular formula is C14H15ClOS. The lowest BCUT2D eigenvalue weighted by Gasteiger charge is -2.09. The summed E-state index contributed by atoms with van der Waals surface area (Å²) >= 11 is 7.75. The van der Waals surface area contributed by atoms with E-state index in [9.17, 15) is 5.11 Å². The predicted molar refractivity (Wildman–Crippen MR) is 73.8 cm³/mol. The van der Waals surface area contributed by atoms with Gasteiger partial charge in [-0.15, -0.1) is 11.3 Å². The fourth-order valence-corrected chi connectivity index (χ4v) is 2.89. The standard InChI is InChI=1S/C14H15ClOS/c1-2-11-7-8-14(17-11)13(16)9-10-5-3-4-6-12(10)15/h3-8,13,16H,2,9H2,1H3. The van der Waals surface area contributed by atoms with Gasteiger partial charge in [0.15, 0.2) is 0 Å². The third kappa shape index (κ3) is 3.09. The van der Waals surface area contributed by atoms with Gasteiger partial charge in [0.05, 0.1) is 6.10 Å². The van der Waals surface area contributed by atoms with Crippen LogP contribution >= 0.6 is 22.9 Å². The van der Waals surface area contributed by atoms with Crippen LogP contribution in [0.5, 0.6) is 0 Å². The van der Waals surface area contributed by atoms with E-state index in [0.29, 0.717) is 6.42 Å². The zero-order valence-corrected chi connectivity index (χ0v) is 11.3. The molecule has 3 heteroatoms. The van der Waals surface area contributed by atoms with Gasteiger partial charge >= 0.3 is 0 Å². The van der Waals surface area contributed by atoms with Gasteiger partial charge in [0, 0.05) is 21.2 Å². The van der Waals surface area contributed by atoms with Gasteiger partial charge in [-0.3, -0.25) is 0 Å². The van der Waals surface area contributed by atoms with E-state index in [2.05, 4.69) is 13.0 Å². The first-order valence-electron chi connectivity index (χ1n) is 5.70. The number of aliphatic hydroxyl groups excluding tert-OH is 1. The van der Waals surface area contributed by atoms with Gasteiger partial charge in [-0.05, 0) is 30.2 Å². The minimum Gasteiger partial charge on any atom is -0.387 e. The van der Waals surface area contributed by atoms with Crippen molar-refractivity contribution in [2.24, 2.45) is 0 Å². The van der Waals surface area contributed by atoms with E-state index in [0.717, 1.165) is 21.9 Å². The van der Waals surface area contributed by atoms with Crippen LogP contribution in [-0.2, 0) is 12.8 Å². The number of rotatable bonds is 4. The molecule has 2 rings (SSSR count). The van der Waals surface area contributed by atoms with E-state index in [4.69, 9.17) is 11.6 Å². The highest BCUT2D eigenvalue weighted by Crippen LogP contribution is 2.28. The van der Waals surface area contributed by atoms with Gasteiger partial charge in [-0.2, -0.15) is 0 Å². The first-order valence-corrected chi connectivity index (χ1v) is 6.90. The number of thiophene rings is 1. The molecule has 1 N–H and O–H groups in total. The average Bonchev–Trinajstić information content (AvgIpc) is 2.81. The molecule has 2 aromatic rings. The Bertz CT molecular complexity index is 492. The summed E-state index contributed by atoms with van der Waals surface area (Å²) in [6, 6.07) is 11.7. The van der Waals surface area contributed by atoms with Crippen LogP contribution in [0.3, 0.4) is 0 Å². The first kappa shape index (κ1) is 12.6. The molecule has 1 heterocycles. The van der Waals surface area contributed by atoms with Crippen LogP contribution in [0.1, 0.15) is 28.3 Å². The van der Waals surface area contributed by atoms with E-state index < -0.39 is 6.10 Å². The van der Waals surface area contributed by atoms with Crippen LogP contribution in [0.4, 0.5) is 0 Å². The maximum atomic E-state index is 10.2. The smallest absolute Gasteiger partial charge is 0.0922 e. The second kappa shape index (κ2) is 5.67. The van der Waals surface area contributed by atoms with Crippen molar-refractivity contribution in [3.63, 3.8) is 0 Å². The van der Waals surface area contributed by atoms with E-state index >= 15 is 0 Å². The Morgan fingerprint density at radius 1 is 1.24 bits per heavy atom. The molecule has 1 aromatic heterocycles. The molecule has 0 saturated heterocycles. The second-order valence-corrected chi connectivity index (χ2v) is 5.58. The van der Waals surface area contributed by atoms with Crippen molar-refractivity contribution in [3.05, 3.63) is 56.7 Å². The van der Waals surface area contributed by atoms with Gasteiger partial charge in [0.25, 0.3) is 0 Å². The molecule has 0 radical (unpaired) electrons. The predicted octanol–water partition coefficient (Wildman–Crippen LogP) is 4.24. The number of aryl methyl sites for hydroxylation is 1. The summed E-state index contributed by atoms with van der Waals surface area (Å²) in [5.41, 5.74) is 0.994. The van der Waals surface area contributed by atoms with Gasteiger partial charge in [-0.25, -0.2) is 0 Å². The number of hydrogen-bond donors (Lipinski definition) is 1. The monoisotopic (exact) mass is 266 g/mol. The maximum Gasteiger partial charge on any atom is 0.0922 e. The zero-order valence-electron chi connectivity index (χ0n) is 9.69. The average molecular weight is 267 g/mol. The van der Waals surface area contributed by atoms with E-state index in [-0.39, 0.29) is 0 Å². The quantitative estimate of drug-likeness (QED) is 0.878. The van der Waals surface area contributed by atoms with Gasteiger partial charge in [-0.1, -0.05) is 36.7 Å². The largest absolute Gasteiger partial charge is 0.387 e. The first-order chi connectivity index (χ1) is 8.20. The SMILES string of the molecule is CCc1ccc(C(O)Cc2ccccc2Cl)s1. The molecule has 0 aliphatic rings. The topological polar surface area (TPSA) is 20.2 Å². The lowest BCUT2D eigenvalue weighted by Crippen LogP contribution is -1.99. The van der Waals surface area contributed by atoms with Crippen molar-refractivity contribution in [2.75, 3.05) is 0 Å². The fraction of sp³-hybridized carbons (Fsp3) is 0.286. The van der Waals surface area contributed by atoms with Crippen molar-refractivity contribution in [1.82, 2.24) is 0 Å². The minimum atomic E-state index is -0.458.